The lowest BCUT2D eigenvalue weighted by atomic mass is 9.95. The first-order valence-corrected chi connectivity index (χ1v) is 5.82. The van der Waals surface area contributed by atoms with Crippen molar-refractivity contribution >= 4 is 5.57 Å². The molecule has 0 radical (unpaired) electrons. The van der Waals surface area contributed by atoms with E-state index in [1.54, 1.807) is 0 Å². The third-order valence-electron chi connectivity index (χ3n) is 3.36. The Kier molecular flexibility index (Phi) is 4.12. The number of hydrogen-bond donors (Lipinski definition) is 0. The van der Waals surface area contributed by atoms with Gasteiger partial charge in [-0.15, -0.1) is 0 Å². The predicted octanol–water partition coefficient (Wildman–Crippen LogP) is 5.14. The summed E-state index contributed by atoms with van der Waals surface area (Å²) in [4.78, 5) is 0. The minimum absolute atomic E-state index is 1.31. The van der Waals surface area contributed by atoms with Crippen molar-refractivity contribution in [3.8, 4) is 0 Å². The monoisotopic (exact) mass is 214 g/mol. The van der Waals surface area contributed by atoms with Crippen molar-refractivity contribution in [1.29, 1.82) is 0 Å². The fourth-order valence-electron chi connectivity index (χ4n) is 1.68. The molecule has 0 heterocycles. The van der Waals surface area contributed by atoms with Gasteiger partial charge in [-0.3, -0.25) is 0 Å². The quantitative estimate of drug-likeness (QED) is 0.598. The van der Waals surface area contributed by atoms with Gasteiger partial charge in [0.15, 0.2) is 0 Å². The van der Waals surface area contributed by atoms with Crippen molar-refractivity contribution in [2.45, 2.75) is 41.5 Å². The first-order chi connectivity index (χ1) is 7.43. The van der Waals surface area contributed by atoms with Crippen molar-refractivity contribution in [1.82, 2.24) is 0 Å². The van der Waals surface area contributed by atoms with E-state index in [0.29, 0.717) is 0 Å². The topological polar surface area (TPSA) is 0 Å². The Balaban J connectivity index is 3.19. The maximum absolute atomic E-state index is 2.21. The predicted molar refractivity (Wildman–Crippen MR) is 73.5 cm³/mol. The number of allylic oxidation sites excluding steroid dienone is 4. The van der Waals surface area contributed by atoms with Crippen molar-refractivity contribution < 1.29 is 0 Å². The van der Waals surface area contributed by atoms with Crippen LogP contribution < -0.4 is 0 Å². The summed E-state index contributed by atoms with van der Waals surface area (Å²) in [6, 6.07) is 8.74. The van der Waals surface area contributed by atoms with Crippen molar-refractivity contribution in [3.05, 3.63) is 52.1 Å². The number of rotatable bonds is 2. The van der Waals surface area contributed by atoms with Crippen LogP contribution in [0.5, 0.6) is 0 Å². The zero-order valence-corrected chi connectivity index (χ0v) is 11.3. The van der Waals surface area contributed by atoms with Crippen LogP contribution in [0.25, 0.3) is 5.57 Å². The molecule has 0 N–H and O–H groups in total. The number of hydrogen-bond acceptors (Lipinski definition) is 0. The van der Waals surface area contributed by atoms with E-state index in [2.05, 4.69) is 65.8 Å². The normalized spacial score (nSPS) is 12.1. The summed E-state index contributed by atoms with van der Waals surface area (Å²) in [7, 11) is 0. The van der Waals surface area contributed by atoms with Gasteiger partial charge in [0.2, 0.25) is 0 Å². The first kappa shape index (κ1) is 12.8. The Bertz CT molecular complexity index is 424. The van der Waals surface area contributed by atoms with Crippen LogP contribution in [0.2, 0.25) is 0 Å². The molecule has 0 aliphatic heterocycles. The molecule has 0 atom stereocenters. The average Bonchev–Trinajstić information content (AvgIpc) is 2.27. The van der Waals surface area contributed by atoms with Crippen LogP contribution in [0.3, 0.4) is 0 Å². The molecule has 0 saturated carbocycles. The van der Waals surface area contributed by atoms with Gasteiger partial charge in [-0.2, -0.15) is 0 Å². The van der Waals surface area contributed by atoms with Gasteiger partial charge in [0.25, 0.3) is 0 Å². The SMILES string of the molecule is CC(C)=C(C)/C(C)=C(\C)c1ccc(C)cc1. The largest absolute Gasteiger partial charge is 0.0732 e. The van der Waals surface area contributed by atoms with Gasteiger partial charge < -0.3 is 0 Å². The average molecular weight is 214 g/mol. The molecule has 0 amide bonds. The first-order valence-electron chi connectivity index (χ1n) is 5.82. The summed E-state index contributed by atoms with van der Waals surface area (Å²) in [5, 5.41) is 0. The van der Waals surface area contributed by atoms with Crippen molar-refractivity contribution in [2.24, 2.45) is 0 Å². The zero-order valence-electron chi connectivity index (χ0n) is 11.3. The highest BCUT2D eigenvalue weighted by Crippen LogP contribution is 2.24. The summed E-state index contributed by atoms with van der Waals surface area (Å²) >= 11 is 0. The fraction of sp³-hybridized carbons (Fsp3) is 0.375. The molecule has 0 fully saturated rings. The van der Waals surface area contributed by atoms with Gasteiger partial charge in [-0.25, -0.2) is 0 Å². The van der Waals surface area contributed by atoms with Gasteiger partial charge in [-0.1, -0.05) is 35.4 Å². The second kappa shape index (κ2) is 5.16. The fourth-order valence-corrected chi connectivity index (χ4v) is 1.68. The van der Waals surface area contributed by atoms with E-state index < -0.39 is 0 Å². The molecule has 0 aromatic heterocycles. The van der Waals surface area contributed by atoms with Crippen LogP contribution >= 0.6 is 0 Å². The van der Waals surface area contributed by atoms with Crippen LogP contribution in [0.4, 0.5) is 0 Å². The molecule has 16 heavy (non-hydrogen) atoms. The van der Waals surface area contributed by atoms with Crippen molar-refractivity contribution in [2.75, 3.05) is 0 Å². The highest BCUT2D eigenvalue weighted by Gasteiger charge is 2.03. The maximum Gasteiger partial charge on any atom is -0.0224 e. The van der Waals surface area contributed by atoms with Crippen LogP contribution in [0.1, 0.15) is 45.7 Å². The van der Waals surface area contributed by atoms with Gasteiger partial charge in [0.05, 0.1) is 0 Å². The standard InChI is InChI=1S/C16H22/c1-11(2)13(4)14(5)15(6)16-9-7-12(3)8-10-16/h7-10H,1-6H3/b15-14+. The highest BCUT2D eigenvalue weighted by atomic mass is 14.1. The van der Waals surface area contributed by atoms with E-state index in [1.807, 2.05) is 0 Å². The van der Waals surface area contributed by atoms with Gasteiger partial charge in [0.1, 0.15) is 0 Å². The lowest BCUT2D eigenvalue weighted by Gasteiger charge is -2.11. The van der Waals surface area contributed by atoms with Crippen LogP contribution in [-0.4, -0.2) is 0 Å². The van der Waals surface area contributed by atoms with Gasteiger partial charge >= 0.3 is 0 Å². The molecule has 86 valence electrons. The molecule has 0 spiro atoms. The molecule has 1 aromatic carbocycles. The minimum atomic E-state index is 1.31. The number of aryl methyl sites for hydroxylation is 1. The van der Waals surface area contributed by atoms with E-state index >= 15 is 0 Å². The summed E-state index contributed by atoms with van der Waals surface area (Å²) in [6.07, 6.45) is 0. The Morgan fingerprint density at radius 2 is 1.25 bits per heavy atom. The molecule has 0 aliphatic carbocycles. The van der Waals surface area contributed by atoms with Gasteiger partial charge in [-0.05, 0) is 63.8 Å². The second-order valence-corrected chi connectivity index (χ2v) is 4.74. The maximum atomic E-state index is 2.21. The lowest BCUT2D eigenvalue weighted by molar-refractivity contribution is 1.22. The van der Waals surface area contributed by atoms with E-state index in [9.17, 15) is 0 Å². The van der Waals surface area contributed by atoms with Crippen LogP contribution in [0.15, 0.2) is 41.0 Å². The van der Waals surface area contributed by atoms with E-state index in [-0.39, 0.29) is 0 Å². The van der Waals surface area contributed by atoms with Gasteiger partial charge in [0, 0.05) is 0 Å². The Hall–Kier alpha value is -1.30. The molecule has 0 saturated heterocycles. The molecule has 1 rings (SSSR count). The zero-order chi connectivity index (χ0) is 12.3. The Morgan fingerprint density at radius 1 is 0.750 bits per heavy atom. The summed E-state index contributed by atoms with van der Waals surface area (Å²) < 4.78 is 0. The van der Waals surface area contributed by atoms with E-state index in [0.717, 1.165) is 0 Å². The third-order valence-corrected chi connectivity index (χ3v) is 3.36. The molecule has 0 nitrogen and oxygen atoms in total. The van der Waals surface area contributed by atoms with Crippen LogP contribution in [-0.2, 0) is 0 Å². The molecule has 0 unspecified atom stereocenters. The van der Waals surface area contributed by atoms with Crippen molar-refractivity contribution in [3.63, 3.8) is 0 Å². The minimum Gasteiger partial charge on any atom is -0.0732 e. The van der Waals surface area contributed by atoms with E-state index in [1.165, 1.54) is 33.4 Å². The lowest BCUT2D eigenvalue weighted by Crippen LogP contribution is -1.89. The molecular weight excluding hydrogens is 192 g/mol. The molecule has 0 bridgehead atoms. The third kappa shape index (κ3) is 2.85. The summed E-state index contributed by atoms with van der Waals surface area (Å²) in [5.74, 6) is 0. The molecule has 0 aliphatic rings. The molecule has 0 heteroatoms. The summed E-state index contributed by atoms with van der Waals surface area (Å²) in [5.41, 5.74) is 8.20. The van der Waals surface area contributed by atoms with Crippen LogP contribution in [0, 0.1) is 6.92 Å². The second-order valence-electron chi connectivity index (χ2n) is 4.74. The molecular formula is C16H22. The van der Waals surface area contributed by atoms with E-state index in [4.69, 9.17) is 0 Å². The number of benzene rings is 1. The Labute approximate surface area is 99.7 Å². The molecule has 1 aromatic rings. The Morgan fingerprint density at radius 3 is 1.69 bits per heavy atom. The smallest absolute Gasteiger partial charge is 0.0224 e. The summed E-state index contributed by atoms with van der Waals surface area (Å²) in [6.45, 7) is 13.1. The highest BCUT2D eigenvalue weighted by molar-refractivity contribution is 5.70.